The van der Waals surface area contributed by atoms with Crippen LogP contribution in [0.2, 0.25) is 0 Å². The van der Waals surface area contributed by atoms with Crippen molar-refractivity contribution in [1.29, 1.82) is 0 Å². The van der Waals surface area contributed by atoms with Crippen molar-refractivity contribution in [3.05, 3.63) is 83.3 Å². The minimum Gasteiger partial charge on any atom is -0.459 e. The summed E-state index contributed by atoms with van der Waals surface area (Å²) in [6.07, 6.45) is 1.40. The second-order valence-electron chi connectivity index (χ2n) is 7.33. The van der Waals surface area contributed by atoms with Gasteiger partial charge in [-0.2, -0.15) is 0 Å². The van der Waals surface area contributed by atoms with E-state index in [9.17, 15) is 14.4 Å². The number of furan rings is 1. The van der Waals surface area contributed by atoms with Crippen molar-refractivity contribution in [2.45, 2.75) is 26.7 Å². The number of anilines is 2. The number of amides is 2. The Morgan fingerprint density at radius 1 is 0.968 bits per heavy atom. The van der Waals surface area contributed by atoms with Crippen molar-refractivity contribution in [1.82, 2.24) is 0 Å². The molecule has 7 heteroatoms. The summed E-state index contributed by atoms with van der Waals surface area (Å²) in [5, 5.41) is 5.48. The maximum absolute atomic E-state index is 12.4. The molecule has 0 aliphatic rings. The van der Waals surface area contributed by atoms with Crippen molar-refractivity contribution in [3.63, 3.8) is 0 Å². The van der Waals surface area contributed by atoms with Crippen LogP contribution in [0.25, 0.3) is 0 Å². The zero-order valence-electron chi connectivity index (χ0n) is 17.6. The molecule has 0 aliphatic heterocycles. The van der Waals surface area contributed by atoms with Gasteiger partial charge < -0.3 is 19.8 Å². The molecular weight excluding hydrogens is 396 g/mol. The monoisotopic (exact) mass is 420 g/mol. The summed E-state index contributed by atoms with van der Waals surface area (Å²) in [4.78, 5) is 36.9. The van der Waals surface area contributed by atoms with Gasteiger partial charge in [-0.25, -0.2) is 4.79 Å². The predicted octanol–water partition coefficient (Wildman–Crippen LogP) is 4.76. The highest BCUT2D eigenvalue weighted by molar-refractivity contribution is 6.03. The molecule has 0 radical (unpaired) electrons. The Kier molecular flexibility index (Phi) is 6.87. The standard InChI is InChI=1S/C24H24N2O5/c1-15(2)18-7-4-5-8-19(18)25-22(27)14-31-24(29)17-11-10-16(3)20(13-17)26-23(28)21-9-6-12-30-21/h4-13,15H,14H2,1-3H3,(H,25,27)(H,26,28). The topological polar surface area (TPSA) is 97.6 Å². The molecule has 1 aromatic heterocycles. The number of aryl methyl sites for hydroxylation is 1. The maximum Gasteiger partial charge on any atom is 0.338 e. The number of nitrogens with one attached hydrogen (secondary N) is 2. The van der Waals surface area contributed by atoms with Crippen molar-refractivity contribution >= 4 is 29.2 Å². The lowest BCUT2D eigenvalue weighted by atomic mass is 10.0. The third-order valence-electron chi connectivity index (χ3n) is 4.66. The van der Waals surface area contributed by atoms with E-state index in [1.807, 2.05) is 38.1 Å². The summed E-state index contributed by atoms with van der Waals surface area (Å²) in [5.41, 5.74) is 3.12. The second-order valence-corrected chi connectivity index (χ2v) is 7.33. The van der Waals surface area contributed by atoms with E-state index in [4.69, 9.17) is 9.15 Å². The van der Waals surface area contributed by atoms with Crippen molar-refractivity contribution in [2.24, 2.45) is 0 Å². The number of rotatable bonds is 7. The predicted molar refractivity (Wildman–Crippen MR) is 117 cm³/mol. The molecule has 0 spiro atoms. The molecule has 2 aromatic carbocycles. The van der Waals surface area contributed by atoms with Crippen molar-refractivity contribution in [2.75, 3.05) is 17.2 Å². The number of ether oxygens (including phenoxy) is 1. The quantitative estimate of drug-likeness (QED) is 0.537. The number of carbonyl (C=O) groups is 3. The fraction of sp³-hybridized carbons (Fsp3) is 0.208. The molecule has 31 heavy (non-hydrogen) atoms. The number of hydrogen-bond acceptors (Lipinski definition) is 5. The van der Waals surface area contributed by atoms with Crippen LogP contribution in [0.5, 0.6) is 0 Å². The van der Waals surface area contributed by atoms with E-state index in [2.05, 4.69) is 10.6 Å². The van der Waals surface area contributed by atoms with E-state index in [1.54, 1.807) is 31.2 Å². The van der Waals surface area contributed by atoms with Crippen LogP contribution in [-0.2, 0) is 9.53 Å². The molecule has 2 amide bonds. The van der Waals surface area contributed by atoms with Crippen LogP contribution < -0.4 is 10.6 Å². The maximum atomic E-state index is 12.4. The molecule has 3 aromatic rings. The normalized spacial score (nSPS) is 10.6. The Hall–Kier alpha value is -3.87. The Morgan fingerprint density at radius 3 is 2.45 bits per heavy atom. The fourth-order valence-electron chi connectivity index (χ4n) is 2.99. The van der Waals surface area contributed by atoms with Crippen LogP contribution in [0.1, 0.15) is 51.8 Å². The second kappa shape index (κ2) is 9.75. The molecule has 3 rings (SSSR count). The minimum absolute atomic E-state index is 0.158. The van der Waals surface area contributed by atoms with Crippen LogP contribution in [0, 0.1) is 6.92 Å². The average Bonchev–Trinajstić information content (AvgIpc) is 3.29. The van der Waals surface area contributed by atoms with Gasteiger partial charge in [-0.3, -0.25) is 9.59 Å². The number of carbonyl (C=O) groups excluding carboxylic acids is 3. The molecule has 0 saturated heterocycles. The average molecular weight is 420 g/mol. The zero-order valence-corrected chi connectivity index (χ0v) is 17.6. The minimum atomic E-state index is -0.666. The van der Waals surface area contributed by atoms with Crippen LogP contribution in [0.3, 0.4) is 0 Å². The highest BCUT2D eigenvalue weighted by Crippen LogP contribution is 2.23. The summed E-state index contributed by atoms with van der Waals surface area (Å²) in [6.45, 7) is 5.44. The Bertz CT molecular complexity index is 1090. The van der Waals surface area contributed by atoms with Gasteiger partial charge in [0.25, 0.3) is 11.8 Å². The van der Waals surface area contributed by atoms with Crippen LogP contribution in [0.4, 0.5) is 11.4 Å². The number of hydrogen-bond donors (Lipinski definition) is 2. The Balaban J connectivity index is 1.62. The third-order valence-corrected chi connectivity index (χ3v) is 4.66. The molecule has 0 fully saturated rings. The molecule has 7 nitrogen and oxygen atoms in total. The Labute approximate surface area is 180 Å². The lowest BCUT2D eigenvalue weighted by molar-refractivity contribution is -0.119. The summed E-state index contributed by atoms with van der Waals surface area (Å²) >= 11 is 0. The van der Waals surface area contributed by atoms with Gasteiger partial charge in [0.15, 0.2) is 12.4 Å². The summed E-state index contributed by atoms with van der Waals surface area (Å²) in [5.74, 6) is -1.13. The van der Waals surface area contributed by atoms with Gasteiger partial charge in [-0.15, -0.1) is 0 Å². The van der Waals surface area contributed by atoms with E-state index < -0.39 is 24.4 Å². The van der Waals surface area contributed by atoms with Crippen LogP contribution >= 0.6 is 0 Å². The van der Waals surface area contributed by atoms with E-state index in [0.29, 0.717) is 11.4 Å². The van der Waals surface area contributed by atoms with E-state index >= 15 is 0 Å². The van der Waals surface area contributed by atoms with Gasteiger partial charge in [0.05, 0.1) is 11.8 Å². The summed E-state index contributed by atoms with van der Waals surface area (Å²) in [7, 11) is 0. The molecule has 0 saturated carbocycles. The largest absolute Gasteiger partial charge is 0.459 e. The third kappa shape index (κ3) is 5.60. The molecular formula is C24H24N2O5. The van der Waals surface area contributed by atoms with Crippen molar-refractivity contribution < 1.29 is 23.5 Å². The highest BCUT2D eigenvalue weighted by Gasteiger charge is 2.16. The van der Waals surface area contributed by atoms with Gasteiger partial charge in [0.2, 0.25) is 0 Å². The smallest absolute Gasteiger partial charge is 0.338 e. The number of esters is 1. The van der Waals surface area contributed by atoms with Gasteiger partial charge >= 0.3 is 5.97 Å². The first-order valence-corrected chi connectivity index (χ1v) is 9.86. The molecule has 1 heterocycles. The number of benzene rings is 2. The molecule has 0 aliphatic carbocycles. The molecule has 0 atom stereocenters. The SMILES string of the molecule is Cc1ccc(C(=O)OCC(=O)Nc2ccccc2C(C)C)cc1NC(=O)c1ccco1. The summed E-state index contributed by atoms with van der Waals surface area (Å²) < 4.78 is 10.2. The van der Waals surface area contributed by atoms with E-state index in [1.165, 1.54) is 12.3 Å². The first kappa shape index (κ1) is 21.8. The van der Waals surface area contributed by atoms with Gasteiger partial charge in [-0.05, 0) is 54.3 Å². The first-order valence-electron chi connectivity index (χ1n) is 9.86. The van der Waals surface area contributed by atoms with Crippen LogP contribution in [-0.4, -0.2) is 24.4 Å². The number of para-hydroxylation sites is 1. The van der Waals surface area contributed by atoms with E-state index in [-0.39, 0.29) is 17.2 Å². The van der Waals surface area contributed by atoms with Gasteiger partial charge in [0.1, 0.15) is 0 Å². The fourth-order valence-corrected chi connectivity index (χ4v) is 2.99. The molecule has 160 valence electrons. The molecule has 0 unspecified atom stereocenters. The molecule has 2 N–H and O–H groups in total. The Morgan fingerprint density at radius 2 is 1.74 bits per heavy atom. The van der Waals surface area contributed by atoms with Gasteiger partial charge in [-0.1, -0.05) is 38.1 Å². The lowest BCUT2D eigenvalue weighted by Crippen LogP contribution is -2.22. The van der Waals surface area contributed by atoms with Crippen molar-refractivity contribution in [3.8, 4) is 0 Å². The lowest BCUT2D eigenvalue weighted by Gasteiger charge is -2.14. The summed E-state index contributed by atoms with van der Waals surface area (Å²) in [6, 6.07) is 15.4. The van der Waals surface area contributed by atoms with Gasteiger partial charge in [0, 0.05) is 11.4 Å². The highest BCUT2D eigenvalue weighted by atomic mass is 16.5. The zero-order chi connectivity index (χ0) is 22.4. The first-order chi connectivity index (χ1) is 14.8. The van der Waals surface area contributed by atoms with Crippen LogP contribution in [0.15, 0.2) is 65.3 Å². The molecule has 0 bridgehead atoms. The van der Waals surface area contributed by atoms with E-state index in [0.717, 1.165) is 11.1 Å².